The number of carbonyl (C=O) groups is 3. The van der Waals surface area contributed by atoms with Gasteiger partial charge in [-0.25, -0.2) is 9.59 Å². The van der Waals surface area contributed by atoms with E-state index in [1.165, 1.54) is 0 Å². The molecule has 8 heteroatoms. The van der Waals surface area contributed by atoms with Crippen LogP contribution in [0.5, 0.6) is 0 Å². The van der Waals surface area contributed by atoms with E-state index in [9.17, 15) is 14.4 Å². The first-order chi connectivity index (χ1) is 9.83. The van der Waals surface area contributed by atoms with Crippen LogP contribution in [0.2, 0.25) is 0 Å². The van der Waals surface area contributed by atoms with E-state index in [4.69, 9.17) is 5.11 Å². The number of rotatable bonds is 9. The number of carboxylic acids is 1. The lowest BCUT2D eigenvalue weighted by molar-refractivity contribution is -0.147. The smallest absolute Gasteiger partial charge is 0.326 e. The van der Waals surface area contributed by atoms with Gasteiger partial charge in [-0.2, -0.15) is 0 Å². The van der Waals surface area contributed by atoms with Gasteiger partial charge in [0.05, 0.1) is 13.5 Å². The van der Waals surface area contributed by atoms with E-state index in [0.29, 0.717) is 6.54 Å². The summed E-state index contributed by atoms with van der Waals surface area (Å²) in [7, 11) is 1.16. The van der Waals surface area contributed by atoms with Crippen molar-refractivity contribution in [3.05, 3.63) is 0 Å². The summed E-state index contributed by atoms with van der Waals surface area (Å²) in [6.45, 7) is 8.26. The van der Waals surface area contributed by atoms with Gasteiger partial charge >= 0.3 is 18.0 Å². The Labute approximate surface area is 124 Å². The molecule has 0 fully saturated rings. The quantitative estimate of drug-likeness (QED) is 0.519. The predicted molar refractivity (Wildman–Crippen MR) is 77.0 cm³/mol. The van der Waals surface area contributed by atoms with Gasteiger partial charge in [-0.05, 0) is 20.0 Å². The molecule has 21 heavy (non-hydrogen) atoms. The van der Waals surface area contributed by atoms with Crippen molar-refractivity contribution in [3.63, 3.8) is 0 Å². The highest BCUT2D eigenvalue weighted by molar-refractivity contribution is 5.86. The van der Waals surface area contributed by atoms with Crippen LogP contribution in [-0.4, -0.2) is 66.8 Å². The summed E-state index contributed by atoms with van der Waals surface area (Å²) in [4.78, 5) is 35.9. The number of carbonyl (C=O) groups excluding carboxylic acids is 2. The maximum Gasteiger partial charge on any atom is 0.326 e. The van der Waals surface area contributed by atoms with E-state index < -0.39 is 30.4 Å². The highest BCUT2D eigenvalue weighted by Crippen LogP contribution is 1.96. The molecule has 0 aliphatic rings. The van der Waals surface area contributed by atoms with E-state index in [0.717, 1.165) is 20.2 Å². The fourth-order valence-corrected chi connectivity index (χ4v) is 1.79. The first-order valence-corrected chi connectivity index (χ1v) is 6.92. The molecule has 0 aromatic rings. The molecule has 0 spiro atoms. The van der Waals surface area contributed by atoms with Crippen molar-refractivity contribution >= 4 is 18.0 Å². The molecule has 0 radical (unpaired) electrons. The lowest BCUT2D eigenvalue weighted by Crippen LogP contribution is -2.51. The zero-order chi connectivity index (χ0) is 16.4. The van der Waals surface area contributed by atoms with Crippen LogP contribution in [0.1, 0.15) is 27.2 Å². The van der Waals surface area contributed by atoms with Crippen molar-refractivity contribution < 1.29 is 24.2 Å². The van der Waals surface area contributed by atoms with Crippen LogP contribution in [0.15, 0.2) is 0 Å². The predicted octanol–water partition coefficient (Wildman–Crippen LogP) is 0.0322. The van der Waals surface area contributed by atoms with Crippen LogP contribution in [0.4, 0.5) is 4.79 Å². The number of hydrogen-bond acceptors (Lipinski definition) is 5. The minimum atomic E-state index is -1.31. The summed E-state index contributed by atoms with van der Waals surface area (Å²) in [5.74, 6) is -1.98. The first-order valence-electron chi connectivity index (χ1n) is 6.92. The Morgan fingerprint density at radius 1 is 1.19 bits per heavy atom. The molecule has 0 rings (SSSR count). The molecule has 0 heterocycles. The van der Waals surface area contributed by atoms with Gasteiger partial charge in [0, 0.05) is 12.6 Å². The Bertz CT molecular complexity index is 358. The molecule has 0 bridgehead atoms. The van der Waals surface area contributed by atoms with Gasteiger partial charge in [0.15, 0.2) is 0 Å². The number of ether oxygens (including phenoxy) is 1. The van der Waals surface area contributed by atoms with Crippen LogP contribution in [-0.2, 0) is 14.3 Å². The Kier molecular flexibility index (Phi) is 9.11. The van der Waals surface area contributed by atoms with Gasteiger partial charge in [-0.3, -0.25) is 4.79 Å². The maximum absolute atomic E-state index is 11.7. The van der Waals surface area contributed by atoms with Crippen molar-refractivity contribution in [2.45, 2.75) is 39.3 Å². The summed E-state index contributed by atoms with van der Waals surface area (Å²) in [6, 6.07) is -2.07. The normalized spacial score (nSPS) is 13.4. The highest BCUT2D eigenvalue weighted by atomic mass is 16.5. The van der Waals surface area contributed by atoms with E-state index in [1.807, 2.05) is 20.8 Å². The number of methoxy groups -OCH3 is 1. The molecule has 2 amide bonds. The number of amides is 2. The standard InChI is InChI=1S/C13H25N3O5/c1-5-16(6-2)8-9(3)14-13(20)15-10(12(18)19)7-11(17)21-4/h9-10H,5-8H2,1-4H3,(H,18,19)(H2,14,15,20)/t9?,10-/m0/s1. The second-order valence-corrected chi connectivity index (χ2v) is 4.68. The van der Waals surface area contributed by atoms with Crippen molar-refractivity contribution in [1.82, 2.24) is 15.5 Å². The molecule has 0 aromatic carbocycles. The number of hydrogen-bond donors (Lipinski definition) is 3. The van der Waals surface area contributed by atoms with Crippen LogP contribution in [0, 0.1) is 0 Å². The molecular formula is C13H25N3O5. The SMILES string of the molecule is CCN(CC)CC(C)NC(=O)N[C@@H](CC(=O)OC)C(=O)O. The largest absolute Gasteiger partial charge is 0.480 e. The van der Waals surface area contributed by atoms with Gasteiger partial charge in [-0.1, -0.05) is 13.8 Å². The third-order valence-corrected chi connectivity index (χ3v) is 3.01. The number of nitrogens with zero attached hydrogens (tertiary/aromatic N) is 1. The first kappa shape index (κ1) is 19.2. The van der Waals surface area contributed by atoms with E-state index in [2.05, 4.69) is 20.3 Å². The topological polar surface area (TPSA) is 108 Å². The summed E-state index contributed by atoms with van der Waals surface area (Å²) in [5.41, 5.74) is 0. The van der Waals surface area contributed by atoms with E-state index in [-0.39, 0.29) is 6.04 Å². The zero-order valence-electron chi connectivity index (χ0n) is 13.0. The Morgan fingerprint density at radius 2 is 1.76 bits per heavy atom. The molecule has 0 aromatic heterocycles. The van der Waals surface area contributed by atoms with Gasteiger partial charge in [0.1, 0.15) is 6.04 Å². The van der Waals surface area contributed by atoms with Gasteiger partial charge in [0.2, 0.25) is 0 Å². The molecule has 3 N–H and O–H groups in total. The number of aliphatic carboxylic acids is 1. The summed E-state index contributed by atoms with van der Waals surface area (Å²) < 4.78 is 4.39. The Morgan fingerprint density at radius 3 is 2.19 bits per heavy atom. The molecular weight excluding hydrogens is 278 g/mol. The fourth-order valence-electron chi connectivity index (χ4n) is 1.79. The second-order valence-electron chi connectivity index (χ2n) is 4.68. The second kappa shape index (κ2) is 9.98. The van der Waals surface area contributed by atoms with Crippen LogP contribution in [0.25, 0.3) is 0 Å². The van der Waals surface area contributed by atoms with Gasteiger partial charge < -0.3 is 25.4 Å². The van der Waals surface area contributed by atoms with E-state index >= 15 is 0 Å². The lowest BCUT2D eigenvalue weighted by atomic mass is 10.2. The fraction of sp³-hybridized carbons (Fsp3) is 0.769. The van der Waals surface area contributed by atoms with Gasteiger partial charge in [0.25, 0.3) is 0 Å². The number of urea groups is 1. The average molecular weight is 303 g/mol. The molecule has 0 saturated carbocycles. The Hall–Kier alpha value is -1.83. The zero-order valence-corrected chi connectivity index (χ0v) is 13.0. The van der Waals surface area contributed by atoms with Gasteiger partial charge in [-0.15, -0.1) is 0 Å². The van der Waals surface area contributed by atoms with Crippen molar-refractivity contribution in [3.8, 4) is 0 Å². The molecule has 2 atom stereocenters. The number of nitrogens with one attached hydrogen (secondary N) is 2. The highest BCUT2D eigenvalue weighted by Gasteiger charge is 2.24. The molecule has 122 valence electrons. The minimum Gasteiger partial charge on any atom is -0.480 e. The number of likely N-dealkylation sites (N-methyl/N-ethyl adjacent to an activating group) is 1. The molecule has 1 unspecified atom stereocenters. The molecule has 0 aliphatic heterocycles. The van der Waals surface area contributed by atoms with Crippen LogP contribution in [0.3, 0.4) is 0 Å². The Balaban J connectivity index is 4.37. The molecule has 0 saturated heterocycles. The summed E-state index contributed by atoms with van der Waals surface area (Å²) in [6.07, 6.45) is -0.413. The third kappa shape index (κ3) is 8.13. The van der Waals surface area contributed by atoms with Crippen LogP contribution >= 0.6 is 0 Å². The van der Waals surface area contributed by atoms with Crippen molar-refractivity contribution in [2.75, 3.05) is 26.7 Å². The lowest BCUT2D eigenvalue weighted by Gasteiger charge is -2.24. The van der Waals surface area contributed by atoms with E-state index in [1.54, 1.807) is 0 Å². The van der Waals surface area contributed by atoms with Crippen molar-refractivity contribution in [2.24, 2.45) is 0 Å². The summed E-state index contributed by atoms with van der Waals surface area (Å²) in [5, 5.41) is 13.9. The third-order valence-electron chi connectivity index (χ3n) is 3.01. The monoisotopic (exact) mass is 303 g/mol. The molecule has 0 aliphatic carbocycles. The van der Waals surface area contributed by atoms with Crippen molar-refractivity contribution in [1.29, 1.82) is 0 Å². The summed E-state index contributed by atoms with van der Waals surface area (Å²) >= 11 is 0. The minimum absolute atomic E-state index is 0.141. The van der Waals surface area contributed by atoms with Crippen LogP contribution < -0.4 is 10.6 Å². The number of carboxylic acid groups (broad SMARTS) is 1. The number of esters is 1. The maximum atomic E-state index is 11.7. The molecule has 8 nitrogen and oxygen atoms in total. The average Bonchev–Trinajstić information content (AvgIpc) is 2.43.